The summed E-state index contributed by atoms with van der Waals surface area (Å²) < 4.78 is 0. The van der Waals surface area contributed by atoms with Crippen LogP contribution in [-0.4, -0.2) is 47.8 Å². The van der Waals surface area contributed by atoms with Crippen molar-refractivity contribution in [3.63, 3.8) is 0 Å². The van der Waals surface area contributed by atoms with Crippen LogP contribution >= 0.6 is 0 Å². The van der Waals surface area contributed by atoms with E-state index in [1.165, 1.54) is 19.4 Å². The Labute approximate surface area is 119 Å². The second-order valence-corrected chi connectivity index (χ2v) is 6.60. The number of hydrogen-bond acceptors (Lipinski definition) is 3. The van der Waals surface area contributed by atoms with Crippen LogP contribution in [-0.2, 0) is 0 Å². The monoisotopic (exact) mass is 270 g/mol. The summed E-state index contributed by atoms with van der Waals surface area (Å²) in [6, 6.07) is 0.637. The van der Waals surface area contributed by atoms with Crippen LogP contribution in [0.2, 0.25) is 0 Å². The fraction of sp³-hybridized carbons (Fsp3) is 1.00. The highest BCUT2D eigenvalue weighted by Crippen LogP contribution is 2.31. The summed E-state index contributed by atoms with van der Waals surface area (Å²) in [5.41, 5.74) is -0.0245. The Kier molecular flexibility index (Phi) is 7.33. The Bertz CT molecular complexity index is 245. The zero-order valence-electron chi connectivity index (χ0n) is 13.4. The highest BCUT2D eigenvalue weighted by molar-refractivity contribution is 4.96. The predicted octanol–water partition coefficient (Wildman–Crippen LogP) is 2.64. The molecule has 0 aromatic rings. The summed E-state index contributed by atoms with van der Waals surface area (Å²) in [5.74, 6) is 0.717. The van der Waals surface area contributed by atoms with Gasteiger partial charge in [0.2, 0.25) is 0 Å². The van der Waals surface area contributed by atoms with Crippen LogP contribution in [0.4, 0.5) is 0 Å². The van der Waals surface area contributed by atoms with Gasteiger partial charge < -0.3 is 15.3 Å². The molecule has 2 unspecified atom stereocenters. The third-order valence-electron chi connectivity index (χ3n) is 4.39. The quantitative estimate of drug-likeness (QED) is 0.712. The van der Waals surface area contributed by atoms with Crippen molar-refractivity contribution < 1.29 is 5.11 Å². The lowest BCUT2D eigenvalue weighted by atomic mass is 9.78. The van der Waals surface area contributed by atoms with Gasteiger partial charge in [-0.25, -0.2) is 0 Å². The Hall–Kier alpha value is -0.120. The highest BCUT2D eigenvalue weighted by atomic mass is 16.3. The van der Waals surface area contributed by atoms with E-state index in [0.717, 1.165) is 32.4 Å². The summed E-state index contributed by atoms with van der Waals surface area (Å²) >= 11 is 0. The van der Waals surface area contributed by atoms with Crippen LogP contribution in [0.3, 0.4) is 0 Å². The van der Waals surface area contributed by atoms with Crippen molar-refractivity contribution in [3.8, 4) is 0 Å². The molecule has 0 heterocycles. The topological polar surface area (TPSA) is 35.5 Å². The molecule has 3 nitrogen and oxygen atoms in total. The van der Waals surface area contributed by atoms with E-state index in [-0.39, 0.29) is 12.1 Å². The fourth-order valence-electron chi connectivity index (χ4n) is 3.40. The van der Waals surface area contributed by atoms with Gasteiger partial charge in [-0.1, -0.05) is 27.7 Å². The van der Waals surface area contributed by atoms with Gasteiger partial charge in [-0.15, -0.1) is 0 Å². The minimum Gasteiger partial charge on any atom is -0.394 e. The number of hydrogen-bond donors (Lipinski definition) is 2. The summed E-state index contributed by atoms with van der Waals surface area (Å²) in [4.78, 5) is 2.61. The standard InChI is InChI=1S/C16H34N2O/c1-5-10-17-16(13-19)9-7-8-15(11-16)18(6-2)12-14(3)4/h14-15,17,19H,5-13H2,1-4H3. The molecule has 0 spiro atoms. The number of nitrogens with zero attached hydrogens (tertiary/aromatic N) is 1. The van der Waals surface area contributed by atoms with Gasteiger partial charge in [0.25, 0.3) is 0 Å². The molecule has 1 rings (SSSR count). The van der Waals surface area contributed by atoms with Crippen molar-refractivity contribution in [1.82, 2.24) is 10.2 Å². The maximum atomic E-state index is 9.84. The van der Waals surface area contributed by atoms with E-state index >= 15 is 0 Å². The molecule has 3 heteroatoms. The third-order valence-corrected chi connectivity index (χ3v) is 4.39. The average Bonchev–Trinajstić information content (AvgIpc) is 2.42. The number of rotatable bonds is 8. The molecule has 2 N–H and O–H groups in total. The minimum atomic E-state index is -0.0245. The van der Waals surface area contributed by atoms with Crippen molar-refractivity contribution in [1.29, 1.82) is 0 Å². The van der Waals surface area contributed by atoms with Gasteiger partial charge in [0, 0.05) is 18.1 Å². The summed E-state index contributed by atoms with van der Waals surface area (Å²) in [7, 11) is 0. The van der Waals surface area contributed by atoms with Gasteiger partial charge in [-0.2, -0.15) is 0 Å². The van der Waals surface area contributed by atoms with E-state index in [9.17, 15) is 5.11 Å². The molecule has 0 bridgehead atoms. The smallest absolute Gasteiger partial charge is 0.0613 e. The molecule has 0 radical (unpaired) electrons. The predicted molar refractivity (Wildman–Crippen MR) is 82.5 cm³/mol. The van der Waals surface area contributed by atoms with E-state index < -0.39 is 0 Å². The molecule has 1 aliphatic carbocycles. The lowest BCUT2D eigenvalue weighted by Crippen LogP contribution is -2.56. The first-order chi connectivity index (χ1) is 9.06. The molecular formula is C16H34N2O. The zero-order chi connectivity index (χ0) is 14.3. The summed E-state index contributed by atoms with van der Waals surface area (Å²) in [6.45, 7) is 12.6. The Morgan fingerprint density at radius 1 is 1.37 bits per heavy atom. The van der Waals surface area contributed by atoms with Crippen LogP contribution in [0, 0.1) is 5.92 Å². The number of aliphatic hydroxyl groups is 1. The molecule has 2 atom stereocenters. The fourth-order valence-corrected chi connectivity index (χ4v) is 3.40. The maximum absolute atomic E-state index is 9.84. The lowest BCUT2D eigenvalue weighted by molar-refractivity contribution is 0.0565. The molecule has 1 fully saturated rings. The molecule has 0 saturated heterocycles. The van der Waals surface area contributed by atoms with Gasteiger partial charge in [-0.3, -0.25) is 0 Å². The molecule has 0 aliphatic heterocycles. The number of aliphatic hydroxyl groups excluding tert-OH is 1. The second-order valence-electron chi connectivity index (χ2n) is 6.60. The van der Waals surface area contributed by atoms with Gasteiger partial charge in [0.1, 0.15) is 0 Å². The summed E-state index contributed by atoms with van der Waals surface area (Å²) in [6.07, 6.45) is 5.88. The Balaban J connectivity index is 2.64. The van der Waals surface area contributed by atoms with Crippen LogP contribution in [0.25, 0.3) is 0 Å². The van der Waals surface area contributed by atoms with E-state index in [2.05, 4.69) is 37.9 Å². The third kappa shape index (κ3) is 5.05. The second kappa shape index (κ2) is 8.23. The van der Waals surface area contributed by atoms with Gasteiger partial charge in [0.05, 0.1) is 6.61 Å². The Morgan fingerprint density at radius 2 is 2.11 bits per heavy atom. The number of nitrogens with one attached hydrogen (secondary N) is 1. The Morgan fingerprint density at radius 3 is 2.63 bits per heavy atom. The van der Waals surface area contributed by atoms with Crippen molar-refractivity contribution >= 4 is 0 Å². The first kappa shape index (κ1) is 16.9. The van der Waals surface area contributed by atoms with Gasteiger partial charge in [0.15, 0.2) is 0 Å². The van der Waals surface area contributed by atoms with E-state index in [4.69, 9.17) is 0 Å². The highest BCUT2D eigenvalue weighted by Gasteiger charge is 2.37. The molecular weight excluding hydrogens is 236 g/mol. The van der Waals surface area contributed by atoms with Gasteiger partial charge in [-0.05, 0) is 51.1 Å². The SMILES string of the molecule is CCCNC1(CO)CCCC(N(CC)CC(C)C)C1. The van der Waals surface area contributed by atoms with E-state index in [1.54, 1.807) is 0 Å². The van der Waals surface area contributed by atoms with Crippen molar-refractivity contribution in [2.75, 3.05) is 26.2 Å². The minimum absolute atomic E-state index is 0.0245. The first-order valence-electron chi connectivity index (χ1n) is 8.16. The van der Waals surface area contributed by atoms with E-state index in [1.807, 2.05) is 0 Å². The molecule has 0 amide bonds. The molecule has 0 aromatic carbocycles. The normalized spacial score (nSPS) is 28.3. The largest absolute Gasteiger partial charge is 0.394 e. The van der Waals surface area contributed by atoms with Crippen molar-refractivity contribution in [2.24, 2.45) is 5.92 Å². The molecule has 1 aliphatic rings. The first-order valence-corrected chi connectivity index (χ1v) is 8.16. The van der Waals surface area contributed by atoms with Crippen LogP contribution in [0.15, 0.2) is 0 Å². The zero-order valence-corrected chi connectivity index (χ0v) is 13.4. The lowest BCUT2D eigenvalue weighted by Gasteiger charge is -2.45. The van der Waals surface area contributed by atoms with Crippen LogP contribution in [0.1, 0.15) is 59.8 Å². The van der Waals surface area contributed by atoms with Gasteiger partial charge >= 0.3 is 0 Å². The molecule has 1 saturated carbocycles. The van der Waals surface area contributed by atoms with Crippen LogP contribution < -0.4 is 5.32 Å². The van der Waals surface area contributed by atoms with Crippen LogP contribution in [0.5, 0.6) is 0 Å². The molecule has 0 aromatic heterocycles. The van der Waals surface area contributed by atoms with Crippen molar-refractivity contribution in [2.45, 2.75) is 71.4 Å². The summed E-state index contributed by atoms with van der Waals surface area (Å²) in [5, 5.41) is 13.5. The maximum Gasteiger partial charge on any atom is 0.0613 e. The van der Waals surface area contributed by atoms with Crippen molar-refractivity contribution in [3.05, 3.63) is 0 Å². The molecule has 114 valence electrons. The van der Waals surface area contributed by atoms with E-state index in [0.29, 0.717) is 12.0 Å². The molecule has 19 heavy (non-hydrogen) atoms. The average molecular weight is 270 g/mol.